The van der Waals surface area contributed by atoms with Crippen molar-refractivity contribution in [3.63, 3.8) is 0 Å². The minimum Gasteiger partial charge on any atom is -0.289 e. The zero-order valence-corrected chi connectivity index (χ0v) is 14.4. The molecule has 3 aromatic rings. The number of halogens is 3. The van der Waals surface area contributed by atoms with Gasteiger partial charge < -0.3 is 0 Å². The third kappa shape index (κ3) is 3.82. The second-order valence-electron chi connectivity index (χ2n) is 5.29. The second kappa shape index (κ2) is 7.23. The SMILES string of the molecule is NNC(=O)c1cc(-c2ccc(F)cc2)n(Cc2ccc(Cl)cc2Cl)n1. The minimum atomic E-state index is -0.524. The largest absolute Gasteiger partial charge is 0.289 e. The van der Waals surface area contributed by atoms with Crippen LogP contribution in [0.3, 0.4) is 0 Å². The molecule has 0 spiro atoms. The quantitative estimate of drug-likeness (QED) is 0.413. The number of nitrogens with two attached hydrogens (primary N) is 1. The van der Waals surface area contributed by atoms with E-state index in [0.717, 1.165) is 5.56 Å². The van der Waals surface area contributed by atoms with Crippen molar-refractivity contribution in [1.29, 1.82) is 0 Å². The molecular weight excluding hydrogens is 366 g/mol. The summed E-state index contributed by atoms with van der Waals surface area (Å²) in [7, 11) is 0. The molecule has 0 saturated heterocycles. The van der Waals surface area contributed by atoms with Gasteiger partial charge in [-0.2, -0.15) is 5.10 Å². The van der Waals surface area contributed by atoms with E-state index in [1.165, 1.54) is 12.1 Å². The lowest BCUT2D eigenvalue weighted by molar-refractivity contribution is 0.0948. The van der Waals surface area contributed by atoms with Crippen molar-refractivity contribution in [2.45, 2.75) is 6.54 Å². The van der Waals surface area contributed by atoms with Gasteiger partial charge in [0.2, 0.25) is 0 Å². The van der Waals surface area contributed by atoms with Crippen molar-refractivity contribution >= 4 is 29.1 Å². The molecule has 8 heteroatoms. The molecule has 1 amide bonds. The smallest absolute Gasteiger partial charge is 0.285 e. The summed E-state index contributed by atoms with van der Waals surface area (Å²) in [5.41, 5.74) is 4.30. The lowest BCUT2D eigenvalue weighted by Crippen LogP contribution is -2.30. The average Bonchev–Trinajstić information content (AvgIpc) is 3.01. The maximum Gasteiger partial charge on any atom is 0.285 e. The summed E-state index contributed by atoms with van der Waals surface area (Å²) in [5, 5.41) is 5.29. The Morgan fingerprint density at radius 2 is 1.88 bits per heavy atom. The Kier molecular flexibility index (Phi) is 5.03. The summed E-state index contributed by atoms with van der Waals surface area (Å²) in [6.07, 6.45) is 0. The van der Waals surface area contributed by atoms with Gasteiger partial charge >= 0.3 is 0 Å². The molecule has 3 N–H and O–H groups in total. The number of nitrogen functional groups attached to an aromatic ring is 1. The first-order chi connectivity index (χ1) is 12.0. The number of carbonyl (C=O) groups excluding carboxylic acids is 1. The van der Waals surface area contributed by atoms with Crippen molar-refractivity contribution in [3.8, 4) is 11.3 Å². The monoisotopic (exact) mass is 378 g/mol. The van der Waals surface area contributed by atoms with Crippen LogP contribution >= 0.6 is 23.2 Å². The predicted octanol–water partition coefficient (Wildman–Crippen LogP) is 3.65. The summed E-state index contributed by atoms with van der Waals surface area (Å²) >= 11 is 12.1. The number of rotatable bonds is 4. The van der Waals surface area contributed by atoms with Gasteiger partial charge in [-0.3, -0.25) is 14.9 Å². The van der Waals surface area contributed by atoms with E-state index in [-0.39, 0.29) is 11.5 Å². The number of amides is 1. The van der Waals surface area contributed by atoms with Crippen molar-refractivity contribution in [2.24, 2.45) is 5.84 Å². The van der Waals surface area contributed by atoms with E-state index >= 15 is 0 Å². The third-order valence-corrected chi connectivity index (χ3v) is 4.21. The Morgan fingerprint density at radius 1 is 1.16 bits per heavy atom. The summed E-state index contributed by atoms with van der Waals surface area (Å²) in [4.78, 5) is 11.8. The summed E-state index contributed by atoms with van der Waals surface area (Å²) < 4.78 is 14.8. The lowest BCUT2D eigenvalue weighted by atomic mass is 10.1. The molecule has 1 heterocycles. The fourth-order valence-electron chi connectivity index (χ4n) is 2.39. The van der Waals surface area contributed by atoms with Gasteiger partial charge in [0.05, 0.1) is 12.2 Å². The highest BCUT2D eigenvalue weighted by atomic mass is 35.5. The number of nitrogens with zero attached hydrogens (tertiary/aromatic N) is 2. The number of hydrazine groups is 1. The Labute approximate surface area is 153 Å². The first-order valence-corrected chi connectivity index (χ1v) is 8.02. The van der Waals surface area contributed by atoms with Crippen LogP contribution in [-0.2, 0) is 6.54 Å². The number of nitrogens with one attached hydrogen (secondary N) is 1. The summed E-state index contributed by atoms with van der Waals surface area (Å²) in [5.74, 6) is 4.31. The van der Waals surface area contributed by atoms with E-state index in [1.807, 2.05) is 5.43 Å². The first-order valence-electron chi connectivity index (χ1n) is 7.26. The Balaban J connectivity index is 2.05. The van der Waals surface area contributed by atoms with Crippen LogP contribution in [0.5, 0.6) is 0 Å². The Morgan fingerprint density at radius 3 is 2.52 bits per heavy atom. The standard InChI is InChI=1S/C17H13Cl2FN4O/c18-12-4-1-11(14(19)7-12)9-24-16(8-15(23-24)17(25)22-21)10-2-5-13(20)6-3-10/h1-8H,9,21H2,(H,22,25). The van der Waals surface area contributed by atoms with Crippen LogP contribution in [0.1, 0.15) is 16.1 Å². The molecule has 0 aliphatic carbocycles. The highest BCUT2D eigenvalue weighted by Crippen LogP contribution is 2.26. The van der Waals surface area contributed by atoms with Gasteiger partial charge in [-0.25, -0.2) is 10.2 Å². The van der Waals surface area contributed by atoms with Gasteiger partial charge in [0, 0.05) is 15.6 Å². The van der Waals surface area contributed by atoms with Crippen LogP contribution in [0.4, 0.5) is 4.39 Å². The number of hydrogen-bond donors (Lipinski definition) is 2. The highest BCUT2D eigenvalue weighted by Gasteiger charge is 2.16. The molecule has 128 valence electrons. The molecule has 0 bridgehead atoms. The number of carbonyl (C=O) groups is 1. The van der Waals surface area contributed by atoms with E-state index in [1.54, 1.807) is 41.1 Å². The average molecular weight is 379 g/mol. The molecule has 25 heavy (non-hydrogen) atoms. The van der Waals surface area contributed by atoms with Gasteiger partial charge in [-0.05, 0) is 48.0 Å². The topological polar surface area (TPSA) is 72.9 Å². The van der Waals surface area contributed by atoms with Crippen LogP contribution in [0.25, 0.3) is 11.3 Å². The van der Waals surface area contributed by atoms with Crippen LogP contribution in [0.15, 0.2) is 48.5 Å². The number of aromatic nitrogens is 2. The van der Waals surface area contributed by atoms with Gasteiger partial charge in [-0.1, -0.05) is 29.3 Å². The van der Waals surface area contributed by atoms with Crippen LogP contribution in [0.2, 0.25) is 10.0 Å². The molecule has 0 unspecified atom stereocenters. The Hall–Kier alpha value is -2.41. The highest BCUT2D eigenvalue weighted by molar-refractivity contribution is 6.35. The van der Waals surface area contributed by atoms with E-state index < -0.39 is 5.91 Å². The molecular formula is C17H13Cl2FN4O. The summed E-state index contributed by atoms with van der Waals surface area (Å²) in [6, 6.07) is 12.6. The van der Waals surface area contributed by atoms with Gasteiger partial charge in [0.25, 0.3) is 5.91 Å². The molecule has 0 fully saturated rings. The van der Waals surface area contributed by atoms with Gasteiger partial charge in [-0.15, -0.1) is 0 Å². The molecule has 5 nitrogen and oxygen atoms in total. The maximum absolute atomic E-state index is 13.2. The molecule has 0 radical (unpaired) electrons. The van der Waals surface area contributed by atoms with E-state index in [4.69, 9.17) is 29.0 Å². The minimum absolute atomic E-state index is 0.145. The normalized spacial score (nSPS) is 10.7. The fourth-order valence-corrected chi connectivity index (χ4v) is 2.85. The zero-order chi connectivity index (χ0) is 18.0. The molecule has 0 aliphatic rings. The van der Waals surface area contributed by atoms with Crippen LogP contribution in [-0.4, -0.2) is 15.7 Å². The molecule has 1 aromatic heterocycles. The van der Waals surface area contributed by atoms with Crippen molar-refractivity contribution in [1.82, 2.24) is 15.2 Å². The van der Waals surface area contributed by atoms with E-state index in [0.29, 0.717) is 27.8 Å². The Bertz CT molecular complexity index is 925. The second-order valence-corrected chi connectivity index (χ2v) is 6.13. The van der Waals surface area contributed by atoms with E-state index in [2.05, 4.69) is 5.10 Å². The number of benzene rings is 2. The molecule has 0 atom stereocenters. The first kappa shape index (κ1) is 17.4. The number of hydrogen-bond acceptors (Lipinski definition) is 3. The molecule has 3 rings (SSSR count). The lowest BCUT2D eigenvalue weighted by Gasteiger charge is -2.09. The van der Waals surface area contributed by atoms with Crippen molar-refractivity contribution < 1.29 is 9.18 Å². The predicted molar refractivity (Wildman–Crippen MR) is 94.8 cm³/mol. The summed E-state index contributed by atoms with van der Waals surface area (Å²) in [6.45, 7) is 0.306. The van der Waals surface area contributed by atoms with Crippen LogP contribution < -0.4 is 11.3 Å². The third-order valence-electron chi connectivity index (χ3n) is 3.62. The zero-order valence-electron chi connectivity index (χ0n) is 12.8. The molecule has 0 aliphatic heterocycles. The maximum atomic E-state index is 13.2. The van der Waals surface area contributed by atoms with Crippen LogP contribution in [0, 0.1) is 5.82 Å². The molecule has 0 saturated carbocycles. The van der Waals surface area contributed by atoms with Crippen molar-refractivity contribution in [3.05, 3.63) is 75.7 Å². The van der Waals surface area contributed by atoms with Gasteiger partial charge in [0.15, 0.2) is 5.69 Å². The van der Waals surface area contributed by atoms with Gasteiger partial charge in [0.1, 0.15) is 5.82 Å². The molecule has 2 aromatic carbocycles. The van der Waals surface area contributed by atoms with E-state index in [9.17, 15) is 9.18 Å². The van der Waals surface area contributed by atoms with Crippen molar-refractivity contribution in [2.75, 3.05) is 0 Å². The fraction of sp³-hybridized carbons (Fsp3) is 0.0588.